The third-order valence-corrected chi connectivity index (χ3v) is 2.39. The van der Waals surface area contributed by atoms with Crippen molar-refractivity contribution in [1.82, 2.24) is 0 Å². The van der Waals surface area contributed by atoms with Crippen molar-refractivity contribution < 1.29 is 31.1 Å². The molecule has 0 aliphatic heterocycles. The topological polar surface area (TPSA) is 9.23 Å². The molecule has 0 aliphatic rings. The molecule has 0 bridgehead atoms. The van der Waals surface area contributed by atoms with Crippen LogP contribution < -0.4 is 4.74 Å². The van der Waals surface area contributed by atoms with Crippen LogP contribution in [0.3, 0.4) is 0 Å². The first kappa shape index (κ1) is 14.2. The summed E-state index contributed by atoms with van der Waals surface area (Å²) < 4.78 is 79.2. The summed E-state index contributed by atoms with van der Waals surface area (Å²) in [5, 5.41) is 0. The number of ether oxygens (including phenoxy) is 1. The lowest BCUT2D eigenvalue weighted by Crippen LogP contribution is -2.17. The molecule has 1 nitrogen and oxygen atoms in total. The van der Waals surface area contributed by atoms with Crippen LogP contribution in [0.4, 0.5) is 26.3 Å². The maximum absolute atomic E-state index is 13.5. The quantitative estimate of drug-likeness (QED) is 0.577. The van der Waals surface area contributed by atoms with Gasteiger partial charge in [-0.1, -0.05) is 12.1 Å². The molecule has 0 saturated carbocycles. The highest BCUT2D eigenvalue weighted by molar-refractivity contribution is 5.65. The van der Waals surface area contributed by atoms with Crippen molar-refractivity contribution >= 4 is 0 Å². The van der Waals surface area contributed by atoms with Crippen LogP contribution in [-0.2, 0) is 0 Å². The Labute approximate surface area is 109 Å². The van der Waals surface area contributed by atoms with Crippen LogP contribution in [-0.4, -0.2) is 6.36 Å². The highest BCUT2D eigenvalue weighted by Crippen LogP contribution is 2.30. The maximum atomic E-state index is 13.5. The molecule has 2 rings (SSSR count). The second-order valence-corrected chi connectivity index (χ2v) is 3.82. The summed E-state index contributed by atoms with van der Waals surface area (Å²) in [5.41, 5.74) is -0.431. The van der Waals surface area contributed by atoms with E-state index in [2.05, 4.69) is 4.74 Å². The zero-order valence-electron chi connectivity index (χ0n) is 9.64. The third-order valence-electron chi connectivity index (χ3n) is 2.39. The zero-order valence-corrected chi connectivity index (χ0v) is 9.64. The van der Waals surface area contributed by atoms with Gasteiger partial charge in [0.2, 0.25) is 0 Å². The first-order valence-electron chi connectivity index (χ1n) is 5.27. The molecule has 106 valence electrons. The lowest BCUT2D eigenvalue weighted by Gasteiger charge is -2.10. The van der Waals surface area contributed by atoms with E-state index in [9.17, 15) is 26.3 Å². The van der Waals surface area contributed by atoms with Gasteiger partial charge in [0.15, 0.2) is 11.6 Å². The van der Waals surface area contributed by atoms with Crippen LogP contribution in [0.2, 0.25) is 0 Å². The van der Waals surface area contributed by atoms with Crippen molar-refractivity contribution in [3.05, 3.63) is 53.8 Å². The van der Waals surface area contributed by atoms with E-state index in [1.54, 1.807) is 0 Å². The monoisotopic (exact) mass is 292 g/mol. The Bertz CT molecular complexity index is 635. The molecule has 0 N–H and O–H groups in total. The largest absolute Gasteiger partial charge is 0.573 e. The summed E-state index contributed by atoms with van der Waals surface area (Å²) in [4.78, 5) is 0. The Morgan fingerprint density at radius 2 is 1.45 bits per heavy atom. The van der Waals surface area contributed by atoms with E-state index in [1.807, 2.05) is 0 Å². The Morgan fingerprint density at radius 1 is 0.800 bits per heavy atom. The second kappa shape index (κ2) is 5.07. The van der Waals surface area contributed by atoms with E-state index in [4.69, 9.17) is 0 Å². The Kier molecular flexibility index (Phi) is 3.61. The molecule has 0 fully saturated rings. The average molecular weight is 292 g/mol. The molecule has 0 aliphatic carbocycles. The van der Waals surface area contributed by atoms with Crippen LogP contribution >= 0.6 is 0 Å². The standard InChI is InChI=1S/C13H6F6O/c14-10-6-12(16)11(15)5-9(10)7-2-1-3-8(4-7)20-13(17,18)19/h1-6H. The number of halogens is 6. The number of rotatable bonds is 2. The second-order valence-electron chi connectivity index (χ2n) is 3.82. The van der Waals surface area contributed by atoms with Crippen LogP contribution in [0, 0.1) is 17.5 Å². The minimum atomic E-state index is -4.90. The first-order chi connectivity index (χ1) is 9.26. The van der Waals surface area contributed by atoms with Crippen molar-refractivity contribution in [2.75, 3.05) is 0 Å². The highest BCUT2D eigenvalue weighted by Gasteiger charge is 2.31. The van der Waals surface area contributed by atoms with Gasteiger partial charge in [0.1, 0.15) is 11.6 Å². The fraction of sp³-hybridized carbons (Fsp3) is 0.0769. The molecule has 0 saturated heterocycles. The van der Waals surface area contributed by atoms with Crippen LogP contribution in [0.15, 0.2) is 36.4 Å². The fourth-order valence-electron chi connectivity index (χ4n) is 1.60. The van der Waals surface area contributed by atoms with Crippen molar-refractivity contribution in [2.45, 2.75) is 6.36 Å². The fourth-order valence-corrected chi connectivity index (χ4v) is 1.60. The molecule has 0 heterocycles. The van der Waals surface area contributed by atoms with Crippen LogP contribution in [0.1, 0.15) is 0 Å². The van der Waals surface area contributed by atoms with Gasteiger partial charge < -0.3 is 4.74 Å². The number of alkyl halides is 3. The Hall–Kier alpha value is -2.18. The molecule has 0 spiro atoms. The van der Waals surface area contributed by atoms with Gasteiger partial charge in [0, 0.05) is 11.6 Å². The molecule has 0 aromatic heterocycles. The summed E-state index contributed by atoms with van der Waals surface area (Å²) in [6, 6.07) is 5.20. The molecule has 0 atom stereocenters. The highest BCUT2D eigenvalue weighted by atomic mass is 19.4. The number of hydrogen-bond acceptors (Lipinski definition) is 1. The minimum absolute atomic E-state index is 0.0665. The van der Waals surface area contributed by atoms with Crippen molar-refractivity contribution in [2.24, 2.45) is 0 Å². The van der Waals surface area contributed by atoms with Gasteiger partial charge in [0.05, 0.1) is 0 Å². The van der Waals surface area contributed by atoms with E-state index in [0.29, 0.717) is 12.1 Å². The van der Waals surface area contributed by atoms with Gasteiger partial charge in [-0.05, 0) is 23.8 Å². The average Bonchev–Trinajstić information content (AvgIpc) is 2.32. The molecule has 2 aromatic carbocycles. The molecule has 0 radical (unpaired) electrons. The van der Waals surface area contributed by atoms with E-state index in [1.165, 1.54) is 12.1 Å². The summed E-state index contributed by atoms with van der Waals surface area (Å²) in [6.07, 6.45) is -4.90. The van der Waals surface area contributed by atoms with E-state index < -0.39 is 29.6 Å². The first-order valence-corrected chi connectivity index (χ1v) is 5.27. The normalized spacial score (nSPS) is 11.5. The van der Waals surface area contributed by atoms with Crippen molar-refractivity contribution in [3.8, 4) is 16.9 Å². The molecule has 0 unspecified atom stereocenters. The van der Waals surface area contributed by atoms with E-state index in [0.717, 1.165) is 12.1 Å². The van der Waals surface area contributed by atoms with E-state index >= 15 is 0 Å². The summed E-state index contributed by atoms with van der Waals surface area (Å²) in [5.74, 6) is -4.36. The van der Waals surface area contributed by atoms with Gasteiger partial charge in [-0.25, -0.2) is 13.2 Å². The summed E-state index contributed by atoms with van der Waals surface area (Å²) in [6.45, 7) is 0. The lowest BCUT2D eigenvalue weighted by molar-refractivity contribution is -0.274. The summed E-state index contributed by atoms with van der Waals surface area (Å²) >= 11 is 0. The summed E-state index contributed by atoms with van der Waals surface area (Å²) in [7, 11) is 0. The molecule has 7 heteroatoms. The molecule has 2 aromatic rings. The Balaban J connectivity index is 2.44. The molecular weight excluding hydrogens is 286 g/mol. The zero-order chi connectivity index (χ0) is 14.9. The smallest absolute Gasteiger partial charge is 0.406 e. The minimum Gasteiger partial charge on any atom is -0.406 e. The van der Waals surface area contributed by atoms with Crippen LogP contribution in [0.25, 0.3) is 11.1 Å². The molecule has 20 heavy (non-hydrogen) atoms. The Morgan fingerprint density at radius 3 is 2.10 bits per heavy atom. The van der Waals surface area contributed by atoms with Crippen molar-refractivity contribution in [1.29, 1.82) is 0 Å². The van der Waals surface area contributed by atoms with Gasteiger partial charge in [0.25, 0.3) is 0 Å². The SMILES string of the molecule is Fc1cc(F)c(-c2cccc(OC(F)(F)F)c2)cc1F. The predicted molar refractivity (Wildman–Crippen MR) is 58.4 cm³/mol. The molecule has 0 amide bonds. The third kappa shape index (κ3) is 3.23. The van der Waals surface area contributed by atoms with Gasteiger partial charge >= 0.3 is 6.36 Å². The van der Waals surface area contributed by atoms with Gasteiger partial charge in [-0.15, -0.1) is 13.2 Å². The predicted octanol–water partition coefficient (Wildman–Crippen LogP) is 4.67. The molecular formula is C13H6F6O. The van der Waals surface area contributed by atoms with Crippen LogP contribution in [0.5, 0.6) is 5.75 Å². The lowest BCUT2D eigenvalue weighted by atomic mass is 10.0. The maximum Gasteiger partial charge on any atom is 0.573 e. The number of benzene rings is 2. The van der Waals surface area contributed by atoms with Gasteiger partial charge in [-0.2, -0.15) is 0 Å². The number of hydrogen-bond donors (Lipinski definition) is 0. The van der Waals surface area contributed by atoms with Gasteiger partial charge in [-0.3, -0.25) is 0 Å². The van der Waals surface area contributed by atoms with E-state index in [-0.39, 0.29) is 11.1 Å². The van der Waals surface area contributed by atoms with Crippen molar-refractivity contribution in [3.63, 3.8) is 0 Å².